The highest BCUT2D eigenvalue weighted by molar-refractivity contribution is 7.89. The molecule has 0 heterocycles. The average molecular weight is 378 g/mol. The number of hydrogen-bond donors (Lipinski definition) is 2. The fourth-order valence-electron chi connectivity index (χ4n) is 2.26. The van der Waals surface area contributed by atoms with Gasteiger partial charge in [-0.15, -0.1) is 0 Å². The van der Waals surface area contributed by atoms with Gasteiger partial charge >= 0.3 is 0 Å². The molecule has 0 bridgehead atoms. The highest BCUT2D eigenvalue weighted by Crippen LogP contribution is 2.17. The van der Waals surface area contributed by atoms with Gasteiger partial charge in [0.15, 0.2) is 0 Å². The van der Waals surface area contributed by atoms with E-state index in [9.17, 15) is 13.2 Å². The first-order chi connectivity index (χ1) is 12.5. The van der Waals surface area contributed by atoms with Crippen molar-refractivity contribution in [2.45, 2.75) is 11.4 Å². The van der Waals surface area contributed by atoms with Gasteiger partial charge in [0.2, 0.25) is 10.0 Å². The van der Waals surface area contributed by atoms with Gasteiger partial charge in [0.05, 0.1) is 24.2 Å². The Kier molecular flexibility index (Phi) is 7.14. The van der Waals surface area contributed by atoms with Gasteiger partial charge in [0, 0.05) is 20.2 Å². The minimum atomic E-state index is -3.57. The normalized spacial score (nSPS) is 11.2. The highest BCUT2D eigenvalue weighted by atomic mass is 32.2. The molecule has 2 N–H and O–H groups in total. The van der Waals surface area contributed by atoms with E-state index in [1.54, 1.807) is 36.4 Å². The lowest BCUT2D eigenvalue weighted by molar-refractivity contribution is 0.0948. The van der Waals surface area contributed by atoms with Crippen molar-refractivity contribution in [3.8, 4) is 5.75 Å². The molecule has 7 nitrogen and oxygen atoms in total. The maximum Gasteiger partial charge on any atom is 0.255 e. The van der Waals surface area contributed by atoms with Crippen molar-refractivity contribution in [2.24, 2.45) is 0 Å². The fourth-order valence-corrected chi connectivity index (χ4v) is 3.27. The largest absolute Gasteiger partial charge is 0.496 e. The Balaban J connectivity index is 1.98. The van der Waals surface area contributed by atoms with E-state index in [-0.39, 0.29) is 23.9 Å². The van der Waals surface area contributed by atoms with Crippen LogP contribution in [0.2, 0.25) is 0 Å². The van der Waals surface area contributed by atoms with Crippen LogP contribution in [0, 0.1) is 0 Å². The molecule has 26 heavy (non-hydrogen) atoms. The molecule has 1 amide bonds. The van der Waals surface area contributed by atoms with Crippen LogP contribution in [0.25, 0.3) is 0 Å². The Morgan fingerprint density at radius 2 is 1.73 bits per heavy atom. The molecule has 0 atom stereocenters. The third-order valence-electron chi connectivity index (χ3n) is 3.64. The second-order valence-electron chi connectivity index (χ2n) is 5.42. The number of hydrogen-bond acceptors (Lipinski definition) is 5. The van der Waals surface area contributed by atoms with Crippen LogP contribution < -0.4 is 14.8 Å². The molecule has 0 aliphatic carbocycles. The maximum absolute atomic E-state index is 12.3. The number of sulfonamides is 1. The predicted molar refractivity (Wildman–Crippen MR) is 97.7 cm³/mol. The van der Waals surface area contributed by atoms with Gasteiger partial charge in [0.25, 0.3) is 5.91 Å². The molecule has 0 aliphatic heterocycles. The van der Waals surface area contributed by atoms with Crippen molar-refractivity contribution in [3.63, 3.8) is 0 Å². The summed E-state index contributed by atoms with van der Waals surface area (Å²) in [7, 11) is -0.558. The van der Waals surface area contributed by atoms with E-state index in [0.717, 1.165) is 5.56 Å². The summed E-state index contributed by atoms with van der Waals surface area (Å²) >= 11 is 0. The number of rotatable bonds is 9. The Bertz CT molecular complexity index is 835. The van der Waals surface area contributed by atoms with Gasteiger partial charge in [-0.3, -0.25) is 4.79 Å². The summed E-state index contributed by atoms with van der Waals surface area (Å²) in [5.41, 5.74) is 1.22. The zero-order chi connectivity index (χ0) is 19.0. The minimum absolute atomic E-state index is 0.161. The summed E-state index contributed by atoms with van der Waals surface area (Å²) in [5, 5.41) is 2.79. The number of amides is 1. The van der Waals surface area contributed by atoms with E-state index < -0.39 is 10.0 Å². The van der Waals surface area contributed by atoms with Crippen LogP contribution in [0.5, 0.6) is 5.75 Å². The SMILES string of the molecule is COCCNS(=O)(=O)c1ccc(CNC(=O)c2ccccc2OC)cc1. The van der Waals surface area contributed by atoms with Gasteiger partial charge in [-0.1, -0.05) is 24.3 Å². The molecule has 0 fully saturated rings. The molecule has 0 aliphatic rings. The second kappa shape index (κ2) is 9.33. The molecule has 2 rings (SSSR count). The summed E-state index contributed by atoms with van der Waals surface area (Å²) in [6, 6.07) is 13.3. The Morgan fingerprint density at radius 3 is 2.38 bits per heavy atom. The molecule has 0 unspecified atom stereocenters. The third-order valence-corrected chi connectivity index (χ3v) is 5.11. The molecule has 140 valence electrons. The van der Waals surface area contributed by atoms with E-state index in [2.05, 4.69) is 10.0 Å². The fraction of sp³-hybridized carbons (Fsp3) is 0.278. The Morgan fingerprint density at radius 1 is 1.04 bits per heavy atom. The van der Waals surface area contributed by atoms with Gasteiger partial charge in [-0.25, -0.2) is 13.1 Å². The molecule has 2 aromatic carbocycles. The summed E-state index contributed by atoms with van der Waals surface area (Å²) < 4.78 is 36.6. The average Bonchev–Trinajstić information content (AvgIpc) is 2.66. The zero-order valence-electron chi connectivity index (χ0n) is 14.7. The van der Waals surface area contributed by atoms with Crippen molar-refractivity contribution < 1.29 is 22.7 Å². The van der Waals surface area contributed by atoms with E-state index in [4.69, 9.17) is 9.47 Å². The lowest BCUT2D eigenvalue weighted by atomic mass is 10.1. The molecular weight excluding hydrogens is 356 g/mol. The third kappa shape index (κ3) is 5.29. The van der Waals surface area contributed by atoms with Gasteiger partial charge in [-0.05, 0) is 29.8 Å². The monoisotopic (exact) mass is 378 g/mol. The van der Waals surface area contributed by atoms with E-state index in [1.807, 2.05) is 0 Å². The molecule has 0 saturated carbocycles. The summed E-state index contributed by atoms with van der Waals surface area (Å²) in [4.78, 5) is 12.4. The van der Waals surface area contributed by atoms with Gasteiger partial charge < -0.3 is 14.8 Å². The number of nitrogens with one attached hydrogen (secondary N) is 2. The lowest BCUT2D eigenvalue weighted by Gasteiger charge is -2.10. The molecule has 0 saturated heterocycles. The molecule has 0 radical (unpaired) electrons. The first kappa shape index (κ1) is 19.9. The van der Waals surface area contributed by atoms with E-state index in [1.165, 1.54) is 26.4 Å². The topological polar surface area (TPSA) is 93.7 Å². The quantitative estimate of drug-likeness (QED) is 0.646. The first-order valence-corrected chi connectivity index (χ1v) is 9.45. The molecule has 0 spiro atoms. The first-order valence-electron chi connectivity index (χ1n) is 7.96. The van der Waals surface area contributed by atoms with Crippen molar-refractivity contribution in [1.82, 2.24) is 10.0 Å². The number of carbonyl (C=O) groups is 1. The second-order valence-corrected chi connectivity index (χ2v) is 7.18. The van der Waals surface area contributed by atoms with Crippen LogP contribution in [-0.2, 0) is 21.3 Å². The summed E-state index contributed by atoms with van der Waals surface area (Å²) in [6.07, 6.45) is 0. The highest BCUT2D eigenvalue weighted by Gasteiger charge is 2.14. The minimum Gasteiger partial charge on any atom is -0.496 e. The van der Waals surface area contributed by atoms with Crippen LogP contribution in [0.1, 0.15) is 15.9 Å². The summed E-state index contributed by atoms with van der Waals surface area (Å²) in [5.74, 6) is 0.231. The summed E-state index contributed by atoms with van der Waals surface area (Å²) in [6.45, 7) is 0.774. The van der Waals surface area contributed by atoms with E-state index >= 15 is 0 Å². The molecule has 8 heteroatoms. The van der Waals surface area contributed by atoms with Crippen molar-refractivity contribution in [3.05, 3.63) is 59.7 Å². The van der Waals surface area contributed by atoms with Crippen LogP contribution in [0.15, 0.2) is 53.4 Å². The number of para-hydroxylation sites is 1. The van der Waals surface area contributed by atoms with Crippen molar-refractivity contribution >= 4 is 15.9 Å². The number of methoxy groups -OCH3 is 2. The Labute approximate surface area is 153 Å². The van der Waals surface area contributed by atoms with Crippen molar-refractivity contribution in [2.75, 3.05) is 27.4 Å². The van der Waals surface area contributed by atoms with Gasteiger partial charge in [-0.2, -0.15) is 0 Å². The smallest absolute Gasteiger partial charge is 0.255 e. The maximum atomic E-state index is 12.3. The van der Waals surface area contributed by atoms with Gasteiger partial charge in [0.1, 0.15) is 5.75 Å². The Hall–Kier alpha value is -2.42. The molecule has 0 aromatic heterocycles. The number of ether oxygens (including phenoxy) is 2. The lowest BCUT2D eigenvalue weighted by Crippen LogP contribution is -2.27. The van der Waals surface area contributed by atoms with E-state index in [0.29, 0.717) is 17.9 Å². The van der Waals surface area contributed by atoms with Crippen LogP contribution in [0.3, 0.4) is 0 Å². The number of benzene rings is 2. The number of carbonyl (C=O) groups excluding carboxylic acids is 1. The van der Waals surface area contributed by atoms with Crippen LogP contribution in [0.4, 0.5) is 0 Å². The van der Waals surface area contributed by atoms with Crippen molar-refractivity contribution in [1.29, 1.82) is 0 Å². The predicted octanol–water partition coefficient (Wildman–Crippen LogP) is 1.55. The van der Waals surface area contributed by atoms with Crippen LogP contribution >= 0.6 is 0 Å². The van der Waals surface area contributed by atoms with Crippen LogP contribution in [-0.4, -0.2) is 41.7 Å². The molecular formula is C18H22N2O5S. The molecule has 2 aromatic rings. The standard InChI is InChI=1S/C18H22N2O5S/c1-24-12-11-20-26(22,23)15-9-7-14(8-10-15)13-19-18(21)16-5-3-4-6-17(16)25-2/h3-10,20H,11-13H2,1-2H3,(H,19,21). The zero-order valence-corrected chi connectivity index (χ0v) is 15.5.